The Morgan fingerprint density at radius 1 is 1.26 bits per heavy atom. The Bertz CT molecular complexity index is 675. The van der Waals surface area contributed by atoms with E-state index in [0.29, 0.717) is 11.3 Å². The van der Waals surface area contributed by atoms with Crippen LogP contribution in [-0.2, 0) is 0 Å². The van der Waals surface area contributed by atoms with Gasteiger partial charge in [-0.15, -0.1) is 0 Å². The molecular weight excluding hydrogens is 244 g/mol. The number of hydrogen-bond acceptors (Lipinski definition) is 4. The number of nitriles is 1. The van der Waals surface area contributed by atoms with Crippen LogP contribution in [0.1, 0.15) is 15.9 Å². The number of nitrogens with two attached hydrogens (primary N) is 1. The number of nitrogens with zero attached hydrogens (tertiary/aromatic N) is 1. The lowest BCUT2D eigenvalue weighted by molar-refractivity contribution is 0.0694. The molecule has 0 aromatic heterocycles. The Balaban J connectivity index is 2.43. The molecule has 2 aromatic carbocycles. The van der Waals surface area contributed by atoms with Gasteiger partial charge in [0.15, 0.2) is 5.75 Å². The van der Waals surface area contributed by atoms with Gasteiger partial charge in [0.25, 0.3) is 0 Å². The average Bonchev–Trinajstić information content (AvgIpc) is 2.41. The van der Waals surface area contributed by atoms with Crippen LogP contribution >= 0.6 is 0 Å². The number of carbonyl (C=O) groups is 1. The van der Waals surface area contributed by atoms with Crippen molar-refractivity contribution in [3.05, 3.63) is 53.6 Å². The Kier molecular flexibility index (Phi) is 3.35. The third kappa shape index (κ3) is 2.64. The standard InChI is InChI=1S/C14H10N2O3/c15-8-9-3-1-4-10(7-9)19-13-11(14(17)18)5-2-6-12(13)16/h1-7H,16H2,(H,17,18). The van der Waals surface area contributed by atoms with Gasteiger partial charge in [-0.25, -0.2) is 4.79 Å². The summed E-state index contributed by atoms with van der Waals surface area (Å²) in [4.78, 5) is 11.1. The zero-order chi connectivity index (χ0) is 13.8. The minimum absolute atomic E-state index is 0.0256. The fourth-order valence-corrected chi connectivity index (χ4v) is 1.58. The first-order valence-electron chi connectivity index (χ1n) is 5.41. The highest BCUT2D eigenvalue weighted by Gasteiger charge is 2.14. The number of nitrogen functional groups attached to an aromatic ring is 1. The SMILES string of the molecule is N#Cc1cccc(Oc2c(N)cccc2C(=O)O)c1. The number of carboxylic acids is 1. The molecule has 2 aromatic rings. The lowest BCUT2D eigenvalue weighted by Gasteiger charge is -2.11. The van der Waals surface area contributed by atoms with E-state index in [9.17, 15) is 4.79 Å². The summed E-state index contributed by atoms with van der Waals surface area (Å²) >= 11 is 0. The lowest BCUT2D eigenvalue weighted by Crippen LogP contribution is -2.02. The Labute approximate surface area is 109 Å². The second kappa shape index (κ2) is 5.10. The van der Waals surface area contributed by atoms with Crippen LogP contribution < -0.4 is 10.5 Å². The Morgan fingerprint density at radius 2 is 2.00 bits per heavy atom. The van der Waals surface area contributed by atoms with Crippen LogP contribution in [0.3, 0.4) is 0 Å². The third-order valence-electron chi connectivity index (χ3n) is 2.46. The molecule has 0 aliphatic heterocycles. The van der Waals surface area contributed by atoms with Crippen LogP contribution in [0.25, 0.3) is 0 Å². The summed E-state index contributed by atoms with van der Waals surface area (Å²) in [5.74, 6) is -0.691. The monoisotopic (exact) mass is 254 g/mol. The quantitative estimate of drug-likeness (QED) is 0.820. The molecule has 0 saturated heterocycles. The first-order chi connectivity index (χ1) is 9.11. The van der Waals surface area contributed by atoms with Gasteiger partial charge in [0.2, 0.25) is 0 Å². The molecule has 0 fully saturated rings. The van der Waals surface area contributed by atoms with Crippen molar-refractivity contribution in [2.24, 2.45) is 0 Å². The minimum Gasteiger partial charge on any atom is -0.478 e. The Hall–Kier alpha value is -3.00. The van der Waals surface area contributed by atoms with Crippen molar-refractivity contribution >= 4 is 11.7 Å². The number of anilines is 1. The largest absolute Gasteiger partial charge is 0.478 e. The third-order valence-corrected chi connectivity index (χ3v) is 2.46. The molecule has 0 saturated carbocycles. The number of benzene rings is 2. The first kappa shape index (κ1) is 12.5. The number of para-hydroxylation sites is 1. The van der Waals surface area contributed by atoms with Crippen molar-refractivity contribution in [2.45, 2.75) is 0 Å². The van der Waals surface area contributed by atoms with Crippen LogP contribution in [-0.4, -0.2) is 11.1 Å². The van der Waals surface area contributed by atoms with Crippen LogP contribution in [0.5, 0.6) is 11.5 Å². The zero-order valence-electron chi connectivity index (χ0n) is 9.83. The smallest absolute Gasteiger partial charge is 0.339 e. The topological polar surface area (TPSA) is 96.3 Å². The second-order valence-corrected chi connectivity index (χ2v) is 3.77. The minimum atomic E-state index is -1.13. The van der Waals surface area contributed by atoms with E-state index in [0.717, 1.165) is 0 Å². The zero-order valence-corrected chi connectivity index (χ0v) is 9.83. The van der Waals surface area contributed by atoms with Crippen molar-refractivity contribution in [1.82, 2.24) is 0 Å². The van der Waals surface area contributed by atoms with E-state index >= 15 is 0 Å². The summed E-state index contributed by atoms with van der Waals surface area (Å²) in [5, 5.41) is 17.9. The second-order valence-electron chi connectivity index (χ2n) is 3.77. The number of carboxylic acid groups (broad SMARTS) is 1. The van der Waals surface area contributed by atoms with Gasteiger partial charge in [0.05, 0.1) is 17.3 Å². The molecule has 5 heteroatoms. The summed E-state index contributed by atoms with van der Waals surface area (Å²) in [6.07, 6.45) is 0. The predicted octanol–water partition coefficient (Wildman–Crippen LogP) is 2.63. The van der Waals surface area contributed by atoms with E-state index in [2.05, 4.69) is 0 Å². The van der Waals surface area contributed by atoms with Gasteiger partial charge in [-0.2, -0.15) is 5.26 Å². The number of aromatic carboxylic acids is 1. The van der Waals surface area contributed by atoms with E-state index in [1.54, 1.807) is 24.3 Å². The summed E-state index contributed by atoms with van der Waals surface area (Å²) in [7, 11) is 0. The molecule has 0 bridgehead atoms. The van der Waals surface area contributed by atoms with Crippen molar-refractivity contribution in [3.8, 4) is 17.6 Å². The number of hydrogen-bond donors (Lipinski definition) is 2. The molecule has 0 spiro atoms. The van der Waals surface area contributed by atoms with Crippen molar-refractivity contribution in [1.29, 1.82) is 5.26 Å². The summed E-state index contributed by atoms with van der Waals surface area (Å²) in [5.41, 5.74) is 6.34. The van der Waals surface area contributed by atoms with E-state index < -0.39 is 5.97 Å². The van der Waals surface area contributed by atoms with E-state index in [-0.39, 0.29) is 17.0 Å². The predicted molar refractivity (Wildman–Crippen MR) is 69.0 cm³/mol. The number of ether oxygens (including phenoxy) is 1. The van der Waals surface area contributed by atoms with Gasteiger partial charge in [-0.1, -0.05) is 12.1 Å². The molecule has 0 atom stereocenters. The van der Waals surface area contributed by atoms with Gasteiger partial charge < -0.3 is 15.6 Å². The molecular formula is C14H10N2O3. The highest BCUT2D eigenvalue weighted by atomic mass is 16.5. The maximum Gasteiger partial charge on any atom is 0.339 e. The van der Waals surface area contributed by atoms with Crippen LogP contribution in [0, 0.1) is 11.3 Å². The molecule has 0 unspecified atom stereocenters. The van der Waals surface area contributed by atoms with E-state index in [1.807, 2.05) is 6.07 Å². The number of rotatable bonds is 3. The molecule has 0 heterocycles. The van der Waals surface area contributed by atoms with Gasteiger partial charge in [-0.05, 0) is 30.3 Å². The molecule has 19 heavy (non-hydrogen) atoms. The molecule has 94 valence electrons. The lowest BCUT2D eigenvalue weighted by atomic mass is 10.1. The summed E-state index contributed by atoms with van der Waals surface area (Å²) in [6, 6.07) is 12.9. The van der Waals surface area contributed by atoms with Gasteiger partial charge >= 0.3 is 5.97 Å². The molecule has 3 N–H and O–H groups in total. The fourth-order valence-electron chi connectivity index (χ4n) is 1.58. The maximum absolute atomic E-state index is 11.1. The van der Waals surface area contributed by atoms with Gasteiger partial charge in [0, 0.05) is 0 Å². The molecule has 0 amide bonds. The molecule has 2 rings (SSSR count). The first-order valence-corrected chi connectivity index (χ1v) is 5.41. The van der Waals surface area contributed by atoms with Gasteiger partial charge in [-0.3, -0.25) is 0 Å². The summed E-state index contributed by atoms with van der Waals surface area (Å²) in [6.45, 7) is 0. The van der Waals surface area contributed by atoms with Crippen LogP contribution in [0.2, 0.25) is 0 Å². The molecule has 5 nitrogen and oxygen atoms in total. The summed E-state index contributed by atoms with van der Waals surface area (Å²) < 4.78 is 5.49. The Morgan fingerprint density at radius 3 is 2.68 bits per heavy atom. The maximum atomic E-state index is 11.1. The molecule has 0 aliphatic carbocycles. The van der Waals surface area contributed by atoms with Crippen molar-refractivity contribution in [2.75, 3.05) is 5.73 Å². The molecule has 0 aliphatic rings. The van der Waals surface area contributed by atoms with Crippen LogP contribution in [0.15, 0.2) is 42.5 Å². The van der Waals surface area contributed by atoms with E-state index in [4.69, 9.17) is 20.8 Å². The highest BCUT2D eigenvalue weighted by molar-refractivity contribution is 5.93. The highest BCUT2D eigenvalue weighted by Crippen LogP contribution is 2.31. The van der Waals surface area contributed by atoms with E-state index in [1.165, 1.54) is 18.2 Å². The van der Waals surface area contributed by atoms with Crippen molar-refractivity contribution < 1.29 is 14.6 Å². The van der Waals surface area contributed by atoms with Gasteiger partial charge in [0.1, 0.15) is 11.3 Å². The van der Waals surface area contributed by atoms with Crippen LogP contribution in [0.4, 0.5) is 5.69 Å². The van der Waals surface area contributed by atoms with Crippen molar-refractivity contribution in [3.63, 3.8) is 0 Å². The average molecular weight is 254 g/mol. The normalized spacial score (nSPS) is 9.63. The molecule has 0 radical (unpaired) electrons. The fraction of sp³-hybridized carbons (Fsp3) is 0.